The van der Waals surface area contributed by atoms with Crippen LogP contribution < -0.4 is 10.1 Å². The van der Waals surface area contributed by atoms with E-state index in [9.17, 15) is 4.79 Å². The summed E-state index contributed by atoms with van der Waals surface area (Å²) in [5.74, 6) is 1.87. The zero-order valence-electron chi connectivity index (χ0n) is 17.1. The van der Waals surface area contributed by atoms with E-state index < -0.39 is 5.60 Å². The molecule has 1 aromatic carbocycles. The van der Waals surface area contributed by atoms with Crippen LogP contribution >= 0.6 is 0 Å². The van der Waals surface area contributed by atoms with Gasteiger partial charge in [0, 0.05) is 12.3 Å². The van der Waals surface area contributed by atoms with Crippen LogP contribution in [0, 0.1) is 18.8 Å². The second kappa shape index (κ2) is 9.40. The van der Waals surface area contributed by atoms with Gasteiger partial charge in [0.05, 0.1) is 6.61 Å². The molecule has 1 aliphatic carbocycles. The molecule has 0 radical (unpaired) electrons. The van der Waals surface area contributed by atoms with Gasteiger partial charge in [-0.25, -0.2) is 0 Å². The Morgan fingerprint density at radius 2 is 2.15 bits per heavy atom. The van der Waals surface area contributed by atoms with Gasteiger partial charge < -0.3 is 14.8 Å². The number of hydrogen-bond acceptors (Lipinski definition) is 3. The Balaban J connectivity index is 2.09. The summed E-state index contributed by atoms with van der Waals surface area (Å²) in [6, 6.07) is 5.84. The molecule has 0 aromatic heterocycles. The van der Waals surface area contributed by atoms with E-state index >= 15 is 0 Å². The van der Waals surface area contributed by atoms with Crippen molar-refractivity contribution >= 4 is 11.6 Å². The Bertz CT molecular complexity index is 599. The molecule has 1 N–H and O–H groups in total. The third kappa shape index (κ3) is 5.47. The molecule has 4 heteroatoms. The minimum Gasteiger partial charge on any atom is -0.493 e. The SMILES string of the molecule is CCCO[C@]1(C(=O)Nc2ccc(OCC(C)C)c(C)c2)CCC[C@H](C)C1. The second-order valence-corrected chi connectivity index (χ2v) is 8.18. The minimum absolute atomic E-state index is 0.00671. The van der Waals surface area contributed by atoms with Crippen LogP contribution in [0.25, 0.3) is 0 Å². The van der Waals surface area contributed by atoms with E-state index in [0.717, 1.165) is 42.7 Å². The Labute approximate surface area is 158 Å². The fraction of sp³-hybridized carbons (Fsp3) is 0.682. The number of amides is 1. The first-order valence-electron chi connectivity index (χ1n) is 10.0. The van der Waals surface area contributed by atoms with Crippen LogP contribution in [0.1, 0.15) is 65.4 Å². The number of ether oxygens (including phenoxy) is 2. The average Bonchev–Trinajstić information content (AvgIpc) is 2.59. The van der Waals surface area contributed by atoms with Gasteiger partial charge in [-0.15, -0.1) is 0 Å². The molecule has 0 saturated heterocycles. The molecule has 2 atom stereocenters. The minimum atomic E-state index is -0.686. The number of anilines is 1. The smallest absolute Gasteiger partial charge is 0.256 e. The van der Waals surface area contributed by atoms with Crippen LogP contribution in [0.15, 0.2) is 18.2 Å². The van der Waals surface area contributed by atoms with Gasteiger partial charge in [-0.3, -0.25) is 4.79 Å². The van der Waals surface area contributed by atoms with E-state index in [2.05, 4.69) is 33.0 Å². The van der Waals surface area contributed by atoms with Gasteiger partial charge in [0.15, 0.2) is 0 Å². The van der Waals surface area contributed by atoms with E-state index in [0.29, 0.717) is 25.0 Å². The second-order valence-electron chi connectivity index (χ2n) is 8.18. The lowest BCUT2D eigenvalue weighted by atomic mass is 9.78. The van der Waals surface area contributed by atoms with Crippen molar-refractivity contribution in [2.24, 2.45) is 11.8 Å². The largest absolute Gasteiger partial charge is 0.493 e. The first kappa shape index (κ1) is 20.8. The fourth-order valence-electron chi connectivity index (χ4n) is 3.59. The van der Waals surface area contributed by atoms with Crippen molar-refractivity contribution in [3.63, 3.8) is 0 Å². The topological polar surface area (TPSA) is 47.6 Å². The molecule has 4 nitrogen and oxygen atoms in total. The van der Waals surface area contributed by atoms with E-state index in [1.54, 1.807) is 0 Å². The van der Waals surface area contributed by atoms with Gasteiger partial charge in [-0.1, -0.05) is 34.1 Å². The number of carbonyl (C=O) groups is 1. The molecule has 1 amide bonds. The van der Waals surface area contributed by atoms with Crippen LogP contribution in [0.5, 0.6) is 5.75 Å². The zero-order valence-corrected chi connectivity index (χ0v) is 17.1. The first-order chi connectivity index (χ1) is 12.4. The lowest BCUT2D eigenvalue weighted by Crippen LogP contribution is -2.48. The van der Waals surface area contributed by atoms with Gasteiger partial charge in [0.1, 0.15) is 11.4 Å². The van der Waals surface area contributed by atoms with Crippen molar-refractivity contribution in [3.05, 3.63) is 23.8 Å². The van der Waals surface area contributed by atoms with Crippen molar-refractivity contribution in [1.82, 2.24) is 0 Å². The van der Waals surface area contributed by atoms with Crippen LogP contribution in [0.2, 0.25) is 0 Å². The molecule has 26 heavy (non-hydrogen) atoms. The van der Waals surface area contributed by atoms with E-state index in [1.807, 2.05) is 25.1 Å². The van der Waals surface area contributed by atoms with Crippen molar-refractivity contribution in [1.29, 1.82) is 0 Å². The molecule has 0 bridgehead atoms. The zero-order chi connectivity index (χ0) is 19.2. The fourth-order valence-corrected chi connectivity index (χ4v) is 3.59. The van der Waals surface area contributed by atoms with Gasteiger partial charge >= 0.3 is 0 Å². The molecule has 1 aliphatic rings. The van der Waals surface area contributed by atoms with Crippen molar-refractivity contribution in [3.8, 4) is 5.75 Å². The Kier molecular flexibility index (Phi) is 7.51. The Morgan fingerprint density at radius 1 is 1.38 bits per heavy atom. The summed E-state index contributed by atoms with van der Waals surface area (Å²) in [4.78, 5) is 13.1. The van der Waals surface area contributed by atoms with Crippen LogP contribution in [0.3, 0.4) is 0 Å². The third-order valence-corrected chi connectivity index (χ3v) is 4.96. The van der Waals surface area contributed by atoms with E-state index in [1.165, 1.54) is 6.42 Å². The molecule has 1 aromatic rings. The summed E-state index contributed by atoms with van der Waals surface area (Å²) < 4.78 is 11.9. The van der Waals surface area contributed by atoms with Crippen molar-refractivity contribution in [2.75, 3.05) is 18.5 Å². The highest BCUT2D eigenvalue weighted by atomic mass is 16.5. The number of aryl methyl sites for hydroxylation is 1. The number of benzene rings is 1. The highest BCUT2D eigenvalue weighted by molar-refractivity contribution is 5.97. The molecular formula is C22H35NO3. The highest BCUT2D eigenvalue weighted by Crippen LogP contribution is 2.36. The lowest BCUT2D eigenvalue weighted by molar-refractivity contribution is -0.148. The molecule has 0 aliphatic heterocycles. The Hall–Kier alpha value is -1.55. The van der Waals surface area contributed by atoms with Crippen molar-refractivity contribution < 1.29 is 14.3 Å². The van der Waals surface area contributed by atoms with Crippen LogP contribution in [-0.2, 0) is 9.53 Å². The molecule has 0 unspecified atom stereocenters. The summed E-state index contributed by atoms with van der Waals surface area (Å²) >= 11 is 0. The van der Waals surface area contributed by atoms with Gasteiger partial charge in [0.25, 0.3) is 5.91 Å². The summed E-state index contributed by atoms with van der Waals surface area (Å²) in [7, 11) is 0. The van der Waals surface area contributed by atoms with Gasteiger partial charge in [0.2, 0.25) is 0 Å². The summed E-state index contributed by atoms with van der Waals surface area (Å²) in [6.45, 7) is 11.9. The Morgan fingerprint density at radius 3 is 2.77 bits per heavy atom. The molecule has 2 rings (SSSR count). The number of carbonyl (C=O) groups excluding carboxylic acids is 1. The maximum absolute atomic E-state index is 13.1. The summed E-state index contributed by atoms with van der Waals surface area (Å²) in [5.41, 5.74) is 1.15. The predicted molar refractivity (Wildman–Crippen MR) is 107 cm³/mol. The van der Waals surface area contributed by atoms with Crippen LogP contribution in [0.4, 0.5) is 5.69 Å². The molecule has 146 valence electrons. The number of rotatable bonds is 8. The summed E-state index contributed by atoms with van der Waals surface area (Å²) in [6.07, 6.45) is 4.74. The predicted octanol–water partition coefficient (Wildman–Crippen LogP) is 5.34. The lowest BCUT2D eigenvalue weighted by Gasteiger charge is -2.38. The molecule has 1 fully saturated rings. The number of nitrogens with one attached hydrogen (secondary N) is 1. The highest BCUT2D eigenvalue weighted by Gasteiger charge is 2.42. The first-order valence-corrected chi connectivity index (χ1v) is 10.0. The quantitative estimate of drug-likeness (QED) is 0.679. The molecule has 0 spiro atoms. The molecular weight excluding hydrogens is 326 g/mol. The average molecular weight is 362 g/mol. The van der Waals surface area contributed by atoms with Gasteiger partial charge in [-0.05, 0) is 68.2 Å². The summed E-state index contributed by atoms with van der Waals surface area (Å²) in [5, 5.41) is 3.10. The van der Waals surface area contributed by atoms with E-state index in [-0.39, 0.29) is 5.91 Å². The molecule has 1 saturated carbocycles. The third-order valence-electron chi connectivity index (χ3n) is 4.96. The monoisotopic (exact) mass is 361 g/mol. The molecule has 0 heterocycles. The maximum atomic E-state index is 13.1. The normalized spacial score (nSPS) is 23.1. The van der Waals surface area contributed by atoms with E-state index in [4.69, 9.17) is 9.47 Å². The van der Waals surface area contributed by atoms with Gasteiger partial charge in [-0.2, -0.15) is 0 Å². The maximum Gasteiger partial charge on any atom is 0.256 e. The van der Waals surface area contributed by atoms with Crippen LogP contribution in [-0.4, -0.2) is 24.7 Å². The van der Waals surface area contributed by atoms with Crippen molar-refractivity contribution in [2.45, 2.75) is 72.3 Å². The standard InChI is InChI=1S/C22H35NO3/c1-6-12-26-22(11-7-8-17(4)14-22)21(24)23-19-9-10-20(18(5)13-19)25-15-16(2)3/h9-10,13,16-17H,6-8,11-12,14-15H2,1-5H3,(H,23,24)/t17-,22+/m0/s1. The number of hydrogen-bond donors (Lipinski definition) is 1.